The standard InChI is InChI=1S/C17H12ClN3OS/c18-13-7-4-12(5-8-13)6-9-16(22)21-17-20-15(11-23-17)14-3-1-2-10-19-14/h1-11H,(H,20,21,22)/b9-6+. The molecule has 0 aliphatic rings. The van der Waals surface area contributed by atoms with E-state index in [1.165, 1.54) is 17.4 Å². The van der Waals surface area contributed by atoms with Crippen LogP contribution in [0.4, 0.5) is 5.13 Å². The van der Waals surface area contributed by atoms with Crippen molar-refractivity contribution in [3.05, 3.63) is 70.7 Å². The maximum absolute atomic E-state index is 11.9. The van der Waals surface area contributed by atoms with Crippen molar-refractivity contribution in [3.63, 3.8) is 0 Å². The largest absolute Gasteiger partial charge is 0.298 e. The molecule has 3 rings (SSSR count). The Bertz CT molecular complexity index is 829. The lowest BCUT2D eigenvalue weighted by atomic mass is 10.2. The molecule has 0 saturated carbocycles. The second-order valence-corrected chi connectivity index (χ2v) is 5.92. The molecular formula is C17H12ClN3OS. The van der Waals surface area contributed by atoms with E-state index in [4.69, 9.17) is 11.6 Å². The Kier molecular flexibility index (Phi) is 4.80. The molecule has 23 heavy (non-hydrogen) atoms. The fourth-order valence-electron chi connectivity index (χ4n) is 1.86. The summed E-state index contributed by atoms with van der Waals surface area (Å²) in [6, 6.07) is 12.9. The molecule has 3 aromatic rings. The summed E-state index contributed by atoms with van der Waals surface area (Å²) in [5.41, 5.74) is 2.42. The SMILES string of the molecule is O=C(/C=C/c1ccc(Cl)cc1)Nc1nc(-c2ccccn2)cs1. The van der Waals surface area contributed by atoms with Crippen LogP contribution in [0.2, 0.25) is 5.02 Å². The van der Waals surface area contributed by atoms with Gasteiger partial charge in [0.15, 0.2) is 5.13 Å². The van der Waals surface area contributed by atoms with E-state index in [-0.39, 0.29) is 5.91 Å². The van der Waals surface area contributed by atoms with Gasteiger partial charge in [0.2, 0.25) is 5.91 Å². The summed E-state index contributed by atoms with van der Waals surface area (Å²) in [6.45, 7) is 0. The van der Waals surface area contributed by atoms with Crippen LogP contribution in [0.5, 0.6) is 0 Å². The van der Waals surface area contributed by atoms with Gasteiger partial charge < -0.3 is 0 Å². The zero-order valence-corrected chi connectivity index (χ0v) is 13.5. The molecule has 2 heterocycles. The lowest BCUT2D eigenvalue weighted by Crippen LogP contribution is -2.07. The molecule has 1 amide bonds. The van der Waals surface area contributed by atoms with Gasteiger partial charge in [-0.2, -0.15) is 0 Å². The number of carbonyl (C=O) groups excluding carboxylic acids is 1. The van der Waals surface area contributed by atoms with Crippen molar-refractivity contribution >= 4 is 40.1 Å². The first-order valence-corrected chi connectivity index (χ1v) is 8.08. The lowest BCUT2D eigenvalue weighted by Gasteiger charge is -1.97. The number of carbonyl (C=O) groups is 1. The summed E-state index contributed by atoms with van der Waals surface area (Å²) in [4.78, 5) is 20.5. The number of hydrogen-bond acceptors (Lipinski definition) is 4. The molecule has 4 nitrogen and oxygen atoms in total. The minimum absolute atomic E-state index is 0.234. The van der Waals surface area contributed by atoms with Crippen LogP contribution < -0.4 is 5.32 Å². The summed E-state index contributed by atoms with van der Waals surface area (Å²) in [5, 5.41) is 5.81. The maximum atomic E-state index is 11.9. The fraction of sp³-hybridized carbons (Fsp3) is 0. The smallest absolute Gasteiger partial charge is 0.250 e. The van der Waals surface area contributed by atoms with Gasteiger partial charge in [-0.1, -0.05) is 29.8 Å². The van der Waals surface area contributed by atoms with E-state index >= 15 is 0 Å². The highest BCUT2D eigenvalue weighted by atomic mass is 35.5. The Hall–Kier alpha value is -2.50. The molecule has 0 unspecified atom stereocenters. The molecule has 0 spiro atoms. The van der Waals surface area contributed by atoms with E-state index in [9.17, 15) is 4.79 Å². The lowest BCUT2D eigenvalue weighted by molar-refractivity contribution is -0.111. The van der Waals surface area contributed by atoms with E-state index in [2.05, 4.69) is 15.3 Å². The molecular weight excluding hydrogens is 330 g/mol. The first-order valence-electron chi connectivity index (χ1n) is 6.82. The Balaban J connectivity index is 1.64. The molecule has 0 aliphatic heterocycles. The Morgan fingerprint density at radius 2 is 1.96 bits per heavy atom. The van der Waals surface area contributed by atoms with Crippen molar-refractivity contribution in [3.8, 4) is 11.4 Å². The van der Waals surface area contributed by atoms with E-state index in [1.54, 1.807) is 24.4 Å². The van der Waals surface area contributed by atoms with E-state index in [0.717, 1.165) is 17.0 Å². The number of nitrogens with zero attached hydrogens (tertiary/aromatic N) is 2. The zero-order chi connectivity index (χ0) is 16.1. The van der Waals surface area contributed by atoms with Crippen molar-refractivity contribution < 1.29 is 4.79 Å². The van der Waals surface area contributed by atoms with Gasteiger partial charge in [-0.3, -0.25) is 15.1 Å². The third-order valence-electron chi connectivity index (χ3n) is 2.96. The number of aromatic nitrogens is 2. The first kappa shape index (κ1) is 15.4. The molecule has 114 valence electrons. The first-order chi connectivity index (χ1) is 11.2. The van der Waals surface area contributed by atoms with E-state index in [1.807, 2.05) is 35.7 Å². The number of anilines is 1. The topological polar surface area (TPSA) is 54.9 Å². The predicted octanol–water partition coefficient (Wildman–Crippen LogP) is 4.51. The van der Waals surface area contributed by atoms with Crippen molar-refractivity contribution in [2.45, 2.75) is 0 Å². The molecule has 0 atom stereocenters. The highest BCUT2D eigenvalue weighted by Crippen LogP contribution is 2.23. The molecule has 0 bridgehead atoms. The number of halogens is 1. The van der Waals surface area contributed by atoms with Crippen molar-refractivity contribution in [1.82, 2.24) is 9.97 Å². The van der Waals surface area contributed by atoms with Crippen LogP contribution in [-0.4, -0.2) is 15.9 Å². The highest BCUT2D eigenvalue weighted by molar-refractivity contribution is 7.14. The Morgan fingerprint density at radius 1 is 1.13 bits per heavy atom. The predicted molar refractivity (Wildman–Crippen MR) is 94.5 cm³/mol. The summed E-state index contributed by atoms with van der Waals surface area (Å²) in [7, 11) is 0. The van der Waals surface area contributed by atoms with E-state index < -0.39 is 0 Å². The minimum atomic E-state index is -0.234. The summed E-state index contributed by atoms with van der Waals surface area (Å²) in [6.07, 6.45) is 4.89. The third-order valence-corrected chi connectivity index (χ3v) is 3.97. The second kappa shape index (κ2) is 7.17. The number of benzene rings is 1. The number of amides is 1. The summed E-state index contributed by atoms with van der Waals surface area (Å²) >= 11 is 7.18. The number of pyridine rings is 1. The van der Waals surface area contributed by atoms with Gasteiger partial charge in [-0.15, -0.1) is 11.3 Å². The van der Waals surface area contributed by atoms with Crippen LogP contribution >= 0.6 is 22.9 Å². The van der Waals surface area contributed by atoms with Crippen LogP contribution in [0.3, 0.4) is 0 Å². The average molecular weight is 342 g/mol. The van der Waals surface area contributed by atoms with Gasteiger partial charge in [0, 0.05) is 22.7 Å². The van der Waals surface area contributed by atoms with Crippen molar-refractivity contribution in [2.75, 3.05) is 5.32 Å². The molecule has 0 fully saturated rings. The van der Waals surface area contributed by atoms with Crippen LogP contribution in [0.1, 0.15) is 5.56 Å². The molecule has 0 aliphatic carbocycles. The Morgan fingerprint density at radius 3 is 2.70 bits per heavy atom. The van der Waals surface area contributed by atoms with Crippen LogP contribution in [0.15, 0.2) is 60.1 Å². The summed E-state index contributed by atoms with van der Waals surface area (Å²) < 4.78 is 0. The number of rotatable bonds is 4. The molecule has 0 saturated heterocycles. The van der Waals surface area contributed by atoms with Gasteiger partial charge in [0.05, 0.1) is 5.69 Å². The maximum Gasteiger partial charge on any atom is 0.250 e. The van der Waals surface area contributed by atoms with Crippen LogP contribution in [-0.2, 0) is 4.79 Å². The van der Waals surface area contributed by atoms with Gasteiger partial charge in [-0.05, 0) is 35.9 Å². The fourth-order valence-corrected chi connectivity index (χ4v) is 2.69. The molecule has 6 heteroatoms. The number of nitrogens with one attached hydrogen (secondary N) is 1. The molecule has 1 aromatic carbocycles. The van der Waals surface area contributed by atoms with Gasteiger partial charge in [-0.25, -0.2) is 4.98 Å². The number of hydrogen-bond donors (Lipinski definition) is 1. The normalized spacial score (nSPS) is 10.8. The van der Waals surface area contributed by atoms with Gasteiger partial charge in [0.25, 0.3) is 0 Å². The van der Waals surface area contributed by atoms with Crippen LogP contribution in [0.25, 0.3) is 17.5 Å². The second-order valence-electron chi connectivity index (χ2n) is 4.63. The summed E-state index contributed by atoms with van der Waals surface area (Å²) in [5.74, 6) is -0.234. The third kappa shape index (κ3) is 4.25. The average Bonchev–Trinajstić information content (AvgIpc) is 3.04. The Labute approximate surface area is 142 Å². The minimum Gasteiger partial charge on any atom is -0.298 e. The van der Waals surface area contributed by atoms with Crippen molar-refractivity contribution in [2.24, 2.45) is 0 Å². The molecule has 0 radical (unpaired) electrons. The van der Waals surface area contributed by atoms with Gasteiger partial charge in [0.1, 0.15) is 5.69 Å². The van der Waals surface area contributed by atoms with Crippen LogP contribution in [0, 0.1) is 0 Å². The molecule has 2 aromatic heterocycles. The quantitative estimate of drug-likeness (QED) is 0.710. The van der Waals surface area contributed by atoms with Crippen molar-refractivity contribution in [1.29, 1.82) is 0 Å². The number of thiazole rings is 1. The van der Waals surface area contributed by atoms with Gasteiger partial charge >= 0.3 is 0 Å². The highest BCUT2D eigenvalue weighted by Gasteiger charge is 2.06. The molecule has 1 N–H and O–H groups in total. The monoisotopic (exact) mass is 341 g/mol. The van der Waals surface area contributed by atoms with E-state index in [0.29, 0.717) is 10.2 Å². The zero-order valence-electron chi connectivity index (χ0n) is 11.9.